The molecule has 130 valence electrons. The summed E-state index contributed by atoms with van der Waals surface area (Å²) in [6.45, 7) is 1.82. The molecular weight excluding hydrogens is 326 g/mol. The highest BCUT2D eigenvalue weighted by Gasteiger charge is 2.34. The van der Waals surface area contributed by atoms with Crippen molar-refractivity contribution in [3.05, 3.63) is 24.3 Å². The number of thioether (sulfide) groups is 1. The molecule has 24 heavy (non-hydrogen) atoms. The van der Waals surface area contributed by atoms with E-state index in [-0.39, 0.29) is 11.8 Å². The minimum absolute atomic E-state index is 0.000247. The average molecular weight is 349 g/mol. The van der Waals surface area contributed by atoms with Gasteiger partial charge in [0, 0.05) is 30.6 Å². The molecule has 2 amide bonds. The number of benzene rings is 1. The Morgan fingerprint density at radius 3 is 3.00 bits per heavy atom. The molecule has 1 atom stereocenters. The van der Waals surface area contributed by atoms with E-state index in [1.807, 2.05) is 24.3 Å². The summed E-state index contributed by atoms with van der Waals surface area (Å²) in [5.74, 6) is 1.06. The fourth-order valence-electron chi connectivity index (χ4n) is 2.68. The van der Waals surface area contributed by atoms with Crippen molar-refractivity contribution in [1.82, 2.24) is 15.5 Å². The Morgan fingerprint density at radius 1 is 1.42 bits per heavy atom. The maximum Gasteiger partial charge on any atom is 0.244 e. The number of carbonyl (C=O) groups is 2. The predicted molar refractivity (Wildman–Crippen MR) is 93.3 cm³/mol. The summed E-state index contributed by atoms with van der Waals surface area (Å²) < 4.78 is 5.20. The maximum atomic E-state index is 12.6. The van der Waals surface area contributed by atoms with Gasteiger partial charge < -0.3 is 20.3 Å². The molecule has 0 unspecified atom stereocenters. The Morgan fingerprint density at radius 2 is 2.25 bits per heavy atom. The van der Waals surface area contributed by atoms with Crippen molar-refractivity contribution < 1.29 is 14.3 Å². The lowest BCUT2D eigenvalue weighted by Gasteiger charge is -2.35. The van der Waals surface area contributed by atoms with E-state index in [1.165, 1.54) is 11.8 Å². The van der Waals surface area contributed by atoms with E-state index in [4.69, 9.17) is 4.74 Å². The lowest BCUT2D eigenvalue weighted by molar-refractivity contribution is -0.139. The quantitative estimate of drug-likeness (QED) is 0.746. The first-order valence-electron chi connectivity index (χ1n) is 8.25. The van der Waals surface area contributed by atoms with Gasteiger partial charge in [-0.3, -0.25) is 9.59 Å². The van der Waals surface area contributed by atoms with Crippen LogP contribution in [0.4, 0.5) is 0 Å². The SMILES string of the molecule is COc1cccc(SCC(=O)N2CCNC[C@H]2C(=O)NC2CC2)c1. The number of rotatable bonds is 6. The number of carbonyl (C=O) groups excluding carboxylic acids is 2. The highest BCUT2D eigenvalue weighted by atomic mass is 32.2. The normalized spacial score (nSPS) is 20.5. The third-order valence-electron chi connectivity index (χ3n) is 4.19. The van der Waals surface area contributed by atoms with Crippen LogP contribution in [0.2, 0.25) is 0 Å². The summed E-state index contributed by atoms with van der Waals surface area (Å²) in [6.07, 6.45) is 2.09. The minimum Gasteiger partial charge on any atom is -0.497 e. The van der Waals surface area contributed by atoms with Gasteiger partial charge in [-0.15, -0.1) is 11.8 Å². The molecule has 1 heterocycles. The van der Waals surface area contributed by atoms with Crippen LogP contribution in [-0.4, -0.2) is 61.3 Å². The zero-order valence-electron chi connectivity index (χ0n) is 13.8. The topological polar surface area (TPSA) is 70.7 Å². The molecule has 0 radical (unpaired) electrons. The molecule has 1 saturated carbocycles. The van der Waals surface area contributed by atoms with Crippen LogP contribution in [0, 0.1) is 0 Å². The van der Waals surface area contributed by atoms with Gasteiger partial charge in [0.15, 0.2) is 0 Å². The van der Waals surface area contributed by atoms with E-state index in [2.05, 4.69) is 10.6 Å². The number of ether oxygens (including phenoxy) is 1. The lowest BCUT2D eigenvalue weighted by atomic mass is 10.1. The van der Waals surface area contributed by atoms with Crippen LogP contribution in [0.15, 0.2) is 29.2 Å². The summed E-state index contributed by atoms with van der Waals surface area (Å²) in [6, 6.07) is 7.55. The van der Waals surface area contributed by atoms with Crippen LogP contribution in [0.3, 0.4) is 0 Å². The summed E-state index contributed by atoms with van der Waals surface area (Å²) >= 11 is 1.47. The molecule has 0 bridgehead atoms. The van der Waals surface area contributed by atoms with E-state index in [0.29, 0.717) is 24.9 Å². The third kappa shape index (κ3) is 4.42. The van der Waals surface area contributed by atoms with Gasteiger partial charge in [0.1, 0.15) is 11.8 Å². The maximum absolute atomic E-state index is 12.6. The van der Waals surface area contributed by atoms with Crippen molar-refractivity contribution in [3.63, 3.8) is 0 Å². The molecule has 1 aromatic rings. The number of nitrogens with one attached hydrogen (secondary N) is 2. The van der Waals surface area contributed by atoms with Crippen LogP contribution in [0.5, 0.6) is 5.75 Å². The molecule has 1 aliphatic heterocycles. The van der Waals surface area contributed by atoms with Crippen LogP contribution in [0.1, 0.15) is 12.8 Å². The first kappa shape index (κ1) is 17.1. The lowest BCUT2D eigenvalue weighted by Crippen LogP contribution is -2.60. The molecule has 2 fully saturated rings. The highest BCUT2D eigenvalue weighted by molar-refractivity contribution is 8.00. The minimum atomic E-state index is -0.405. The molecule has 1 aliphatic carbocycles. The van der Waals surface area contributed by atoms with Crippen molar-refractivity contribution in [1.29, 1.82) is 0 Å². The second-order valence-electron chi connectivity index (χ2n) is 6.06. The highest BCUT2D eigenvalue weighted by Crippen LogP contribution is 2.24. The second-order valence-corrected chi connectivity index (χ2v) is 7.11. The average Bonchev–Trinajstić information content (AvgIpc) is 3.43. The Bertz CT molecular complexity index is 606. The summed E-state index contributed by atoms with van der Waals surface area (Å²) in [7, 11) is 1.62. The van der Waals surface area contributed by atoms with Gasteiger partial charge in [0.25, 0.3) is 0 Å². The van der Waals surface area contributed by atoms with Gasteiger partial charge in [-0.1, -0.05) is 6.07 Å². The fourth-order valence-corrected chi connectivity index (χ4v) is 3.51. The van der Waals surface area contributed by atoms with E-state index < -0.39 is 6.04 Å². The van der Waals surface area contributed by atoms with Crippen LogP contribution in [0.25, 0.3) is 0 Å². The van der Waals surface area contributed by atoms with Gasteiger partial charge in [-0.05, 0) is 31.0 Å². The summed E-state index contributed by atoms with van der Waals surface area (Å²) in [5, 5.41) is 6.21. The van der Waals surface area contributed by atoms with Crippen molar-refractivity contribution in [2.24, 2.45) is 0 Å². The molecule has 2 N–H and O–H groups in total. The number of methoxy groups -OCH3 is 1. The smallest absolute Gasteiger partial charge is 0.244 e. The van der Waals surface area contributed by atoms with Gasteiger partial charge in [0.05, 0.1) is 12.9 Å². The van der Waals surface area contributed by atoms with Crippen LogP contribution >= 0.6 is 11.8 Å². The first-order valence-corrected chi connectivity index (χ1v) is 9.23. The Kier molecular flexibility index (Phi) is 5.63. The van der Waals surface area contributed by atoms with Gasteiger partial charge in [-0.2, -0.15) is 0 Å². The second kappa shape index (κ2) is 7.90. The van der Waals surface area contributed by atoms with E-state index >= 15 is 0 Å². The molecule has 6 nitrogen and oxygen atoms in total. The third-order valence-corrected chi connectivity index (χ3v) is 5.17. The molecule has 1 aromatic carbocycles. The number of hydrogen-bond acceptors (Lipinski definition) is 5. The molecule has 3 rings (SSSR count). The zero-order chi connectivity index (χ0) is 16.9. The standard InChI is InChI=1S/C17H23N3O3S/c1-23-13-3-2-4-14(9-13)24-11-16(21)20-8-7-18-10-15(20)17(22)19-12-5-6-12/h2-4,9,12,15,18H,5-8,10-11H2,1H3,(H,19,22)/t15-/m0/s1. The number of piperazine rings is 1. The zero-order valence-corrected chi connectivity index (χ0v) is 14.6. The Hall–Kier alpha value is -1.73. The van der Waals surface area contributed by atoms with Gasteiger partial charge in [-0.25, -0.2) is 0 Å². The molecule has 1 saturated heterocycles. The van der Waals surface area contributed by atoms with E-state index in [1.54, 1.807) is 12.0 Å². The van der Waals surface area contributed by atoms with E-state index in [0.717, 1.165) is 30.0 Å². The Labute approximate surface area is 146 Å². The van der Waals surface area contributed by atoms with Gasteiger partial charge >= 0.3 is 0 Å². The summed E-state index contributed by atoms with van der Waals surface area (Å²) in [5.41, 5.74) is 0. The Balaban J connectivity index is 1.57. The number of amides is 2. The molecule has 7 heteroatoms. The molecule has 0 aromatic heterocycles. The monoisotopic (exact) mass is 349 g/mol. The molecular formula is C17H23N3O3S. The van der Waals surface area contributed by atoms with Crippen LogP contribution < -0.4 is 15.4 Å². The van der Waals surface area contributed by atoms with Crippen molar-refractivity contribution in [2.45, 2.75) is 29.8 Å². The fraction of sp³-hybridized carbons (Fsp3) is 0.529. The first-order chi connectivity index (χ1) is 11.7. The summed E-state index contributed by atoms with van der Waals surface area (Å²) in [4.78, 5) is 27.7. The molecule has 0 spiro atoms. The predicted octanol–water partition coefficient (Wildman–Crippen LogP) is 0.866. The largest absolute Gasteiger partial charge is 0.497 e. The van der Waals surface area contributed by atoms with Crippen molar-refractivity contribution in [3.8, 4) is 5.75 Å². The van der Waals surface area contributed by atoms with E-state index in [9.17, 15) is 9.59 Å². The number of hydrogen-bond donors (Lipinski definition) is 2. The van der Waals surface area contributed by atoms with Gasteiger partial charge in [0.2, 0.25) is 11.8 Å². The van der Waals surface area contributed by atoms with Crippen molar-refractivity contribution in [2.75, 3.05) is 32.5 Å². The number of nitrogens with zero attached hydrogens (tertiary/aromatic N) is 1. The van der Waals surface area contributed by atoms with Crippen molar-refractivity contribution >= 4 is 23.6 Å². The molecule has 2 aliphatic rings. The van der Waals surface area contributed by atoms with Crippen LogP contribution in [-0.2, 0) is 9.59 Å².